The molecule has 2 saturated carbocycles. The predicted molar refractivity (Wildman–Crippen MR) is 277 cm³/mol. The van der Waals surface area contributed by atoms with Crippen LogP contribution in [0.1, 0.15) is 148 Å². The summed E-state index contributed by atoms with van der Waals surface area (Å²) in [6.45, 7) is 6.51. The number of aromatic nitrogens is 8. The van der Waals surface area contributed by atoms with Crippen LogP contribution in [-0.2, 0) is 72.0 Å². The number of carbonyl (C=O) groups excluding carboxylic acids is 4. The van der Waals surface area contributed by atoms with Crippen LogP contribution in [0.25, 0.3) is 22.3 Å². The molecule has 16 nitrogen and oxygen atoms in total. The molecule has 2 aliphatic carbocycles. The number of aryl methyl sites for hydroxylation is 4. The predicted octanol–water partition coefficient (Wildman–Crippen LogP) is 9.79. The van der Waals surface area contributed by atoms with E-state index in [9.17, 15) is 36.7 Å². The highest BCUT2D eigenvalue weighted by Gasteiger charge is 2.37. The highest BCUT2D eigenvalue weighted by molar-refractivity contribution is 5.82. The topological polar surface area (TPSA) is 153 Å². The van der Waals surface area contributed by atoms with Gasteiger partial charge in [0.25, 0.3) is 12.9 Å². The molecule has 6 aromatic rings. The lowest BCUT2D eigenvalue weighted by molar-refractivity contribution is -0.130. The van der Waals surface area contributed by atoms with Gasteiger partial charge >= 0.3 is 0 Å². The van der Waals surface area contributed by atoms with Crippen LogP contribution in [0.5, 0.6) is 0 Å². The summed E-state index contributed by atoms with van der Waals surface area (Å²) in [7, 11) is 3.55. The number of halogens is 4. The van der Waals surface area contributed by atoms with Crippen LogP contribution in [0.2, 0.25) is 0 Å². The number of ketones is 2. The van der Waals surface area contributed by atoms with Crippen molar-refractivity contribution in [3.63, 3.8) is 0 Å². The van der Waals surface area contributed by atoms with Crippen molar-refractivity contribution in [1.82, 2.24) is 48.9 Å². The number of amides is 2. The Labute approximate surface area is 438 Å². The van der Waals surface area contributed by atoms with Crippen LogP contribution in [0.3, 0.4) is 0 Å². The minimum atomic E-state index is -2.65. The summed E-state index contributed by atoms with van der Waals surface area (Å²) in [5.41, 5.74) is 9.82. The van der Waals surface area contributed by atoms with Gasteiger partial charge in [-0.15, -0.1) is 0 Å². The Morgan fingerprint density at radius 2 is 0.987 bits per heavy atom. The highest BCUT2D eigenvalue weighted by atomic mass is 19.3. The SMILES string of the molecule is CC(=O)N1CCc2c(c(N3CCCc4cc(-c5cnn(C)c5)c(C(F)F)cc43)nn2[C@@H]2CCCC(=O)C2)C1.CC(=O)N1CCc2c(c(N3CCCc4cc(-c5cnn(C)c5)c(C(F)F)cc43)nn2[C@H]2CCCC(=O)C2)C1. The monoisotopic (exact) mass is 1040 g/mol. The lowest BCUT2D eigenvalue weighted by Crippen LogP contribution is -2.36. The molecule has 76 heavy (non-hydrogen) atoms. The third-order valence-corrected chi connectivity index (χ3v) is 16.4. The second kappa shape index (κ2) is 20.8. The second-order valence-electron chi connectivity index (χ2n) is 21.4. The number of rotatable bonds is 8. The van der Waals surface area contributed by atoms with Crippen LogP contribution < -0.4 is 9.80 Å². The molecule has 2 atom stereocenters. The number of alkyl halides is 4. The summed E-state index contributed by atoms with van der Waals surface area (Å²) >= 11 is 0. The zero-order valence-electron chi connectivity index (χ0n) is 43.6. The van der Waals surface area contributed by atoms with Gasteiger partial charge in [0, 0.05) is 161 Å². The Morgan fingerprint density at radius 1 is 0.566 bits per heavy atom. The van der Waals surface area contributed by atoms with Crippen molar-refractivity contribution in [3.8, 4) is 22.3 Å². The van der Waals surface area contributed by atoms with Crippen LogP contribution in [0.15, 0.2) is 49.1 Å². The van der Waals surface area contributed by atoms with E-state index in [4.69, 9.17) is 10.2 Å². The van der Waals surface area contributed by atoms with Gasteiger partial charge in [-0.25, -0.2) is 17.6 Å². The van der Waals surface area contributed by atoms with E-state index < -0.39 is 12.9 Å². The number of fused-ring (bicyclic) bond motifs is 4. The van der Waals surface area contributed by atoms with Gasteiger partial charge < -0.3 is 19.6 Å². The molecule has 4 aromatic heterocycles. The van der Waals surface area contributed by atoms with Crippen molar-refractivity contribution in [2.75, 3.05) is 36.0 Å². The Balaban J connectivity index is 0.000000162. The molecule has 4 aliphatic heterocycles. The average molecular weight is 1050 g/mol. The third kappa shape index (κ3) is 9.71. The quantitative estimate of drug-likeness (QED) is 0.135. The summed E-state index contributed by atoms with van der Waals surface area (Å²) in [6.07, 6.45) is 11.7. The maximum Gasteiger partial charge on any atom is 0.264 e. The largest absolute Gasteiger partial charge is 0.338 e. The summed E-state index contributed by atoms with van der Waals surface area (Å²) in [4.78, 5) is 56.9. The molecule has 20 heteroatoms. The third-order valence-electron chi connectivity index (χ3n) is 16.4. The maximum absolute atomic E-state index is 14.4. The van der Waals surface area contributed by atoms with Crippen LogP contribution >= 0.6 is 0 Å². The van der Waals surface area contributed by atoms with E-state index in [2.05, 4.69) is 20.0 Å². The van der Waals surface area contributed by atoms with Gasteiger partial charge in [-0.1, -0.05) is 0 Å². The molecule has 0 unspecified atom stereocenters. The number of Topliss-reactive ketones (excluding diaryl/α,β-unsaturated/α-hetero) is 2. The molecule has 2 amide bonds. The van der Waals surface area contributed by atoms with Gasteiger partial charge in [0.05, 0.1) is 37.6 Å². The van der Waals surface area contributed by atoms with Gasteiger partial charge in [0.2, 0.25) is 11.8 Å². The zero-order valence-corrected chi connectivity index (χ0v) is 43.6. The van der Waals surface area contributed by atoms with Gasteiger partial charge in [0.1, 0.15) is 11.6 Å². The van der Waals surface area contributed by atoms with Gasteiger partial charge in [-0.05, 0) is 97.9 Å². The molecule has 2 aromatic carbocycles. The molecular weight excluding hydrogens is 981 g/mol. The van der Waals surface area contributed by atoms with Crippen molar-refractivity contribution in [1.29, 1.82) is 0 Å². The molecular formula is C56H64F4N12O4. The molecule has 0 N–H and O–H groups in total. The van der Waals surface area contributed by atoms with Crippen LogP contribution in [0, 0.1) is 0 Å². The number of hydrogen-bond acceptors (Lipinski definition) is 10. The molecule has 12 rings (SSSR count). The molecule has 0 bridgehead atoms. The van der Waals surface area contributed by atoms with E-state index in [0.29, 0.717) is 100 Å². The molecule has 0 radical (unpaired) electrons. The Kier molecular flexibility index (Phi) is 13.9. The Hall–Kier alpha value is -7.12. The Morgan fingerprint density at radius 3 is 1.34 bits per heavy atom. The smallest absolute Gasteiger partial charge is 0.264 e. The van der Waals surface area contributed by atoms with Crippen LogP contribution in [0.4, 0.5) is 40.6 Å². The van der Waals surface area contributed by atoms with Crippen molar-refractivity contribution in [3.05, 3.63) is 93.8 Å². The fourth-order valence-electron chi connectivity index (χ4n) is 12.6. The summed E-state index contributed by atoms with van der Waals surface area (Å²) in [5.74, 6) is 1.95. The number of anilines is 4. The lowest BCUT2D eigenvalue weighted by atomic mass is 9.92. The van der Waals surface area contributed by atoms with Crippen molar-refractivity contribution >= 4 is 46.4 Å². The van der Waals surface area contributed by atoms with Crippen molar-refractivity contribution in [2.45, 2.75) is 142 Å². The first-order chi connectivity index (χ1) is 36.6. The molecule has 0 spiro atoms. The Bertz CT molecular complexity index is 3030. The zero-order chi connectivity index (χ0) is 53.1. The first-order valence-corrected chi connectivity index (χ1v) is 26.8. The van der Waals surface area contributed by atoms with E-state index in [-0.39, 0.29) is 46.6 Å². The number of nitrogens with zero attached hydrogens (tertiary/aromatic N) is 12. The second-order valence-corrected chi connectivity index (χ2v) is 21.4. The molecule has 8 heterocycles. The number of benzene rings is 2. The molecule has 6 aliphatic rings. The lowest BCUT2D eigenvalue weighted by Gasteiger charge is -2.33. The molecule has 2 fully saturated rings. The molecule has 0 saturated heterocycles. The van der Waals surface area contributed by atoms with E-state index in [1.165, 1.54) is 0 Å². The van der Waals surface area contributed by atoms with Crippen LogP contribution in [-0.4, -0.2) is 98.5 Å². The summed E-state index contributed by atoms with van der Waals surface area (Å²) in [5, 5.41) is 18.5. The van der Waals surface area contributed by atoms with Gasteiger partial charge in [-0.2, -0.15) is 20.4 Å². The number of hydrogen-bond donors (Lipinski definition) is 0. The van der Waals surface area contributed by atoms with E-state index in [1.807, 2.05) is 31.3 Å². The van der Waals surface area contributed by atoms with Gasteiger partial charge in [-0.3, -0.25) is 37.9 Å². The van der Waals surface area contributed by atoms with Crippen molar-refractivity contribution in [2.24, 2.45) is 14.1 Å². The minimum absolute atomic E-state index is 0.00216. The first-order valence-electron chi connectivity index (χ1n) is 26.8. The number of carbonyl (C=O) groups is 4. The normalized spacial score (nSPS) is 19.6. The van der Waals surface area contributed by atoms with Gasteiger partial charge in [0.15, 0.2) is 11.6 Å². The summed E-state index contributed by atoms with van der Waals surface area (Å²) in [6, 6.07) is 6.98. The van der Waals surface area contributed by atoms with Crippen molar-refractivity contribution < 1.29 is 36.7 Å². The summed E-state index contributed by atoms with van der Waals surface area (Å²) < 4.78 is 64.8. The fourth-order valence-corrected chi connectivity index (χ4v) is 12.6. The average Bonchev–Trinajstić information content (AvgIpc) is 4.25. The fraction of sp³-hybridized carbons (Fsp3) is 0.500. The van der Waals surface area contributed by atoms with E-state index in [1.54, 1.807) is 74.2 Å². The standard InChI is InChI=1S/2C28H32F2N6O2/c2*1-17(37)34-10-8-25-24(16-34)28(32-36(25)20-6-3-7-21(38)12-20)35-9-4-5-18-11-22(19-14-31-33(2)15-19)23(27(29)30)13-26(18)35/h2*11,13-15,20,27H,3-10,12,16H2,1-2H3/t2*20-/m10/s1. The first kappa shape index (κ1) is 51.0. The molecule has 400 valence electrons. The van der Waals surface area contributed by atoms with E-state index >= 15 is 0 Å². The van der Waals surface area contributed by atoms with E-state index in [0.717, 1.165) is 108 Å². The highest BCUT2D eigenvalue weighted by Crippen LogP contribution is 2.46. The maximum atomic E-state index is 14.4. The minimum Gasteiger partial charge on any atom is -0.338 e.